The summed E-state index contributed by atoms with van der Waals surface area (Å²) >= 11 is 1.85. The van der Waals surface area contributed by atoms with Gasteiger partial charge in [-0.15, -0.1) is 0 Å². The van der Waals surface area contributed by atoms with Crippen molar-refractivity contribution in [3.63, 3.8) is 0 Å². The predicted molar refractivity (Wildman–Crippen MR) is 67.1 cm³/mol. The topological polar surface area (TPSA) is 39.2 Å². The minimum Gasteiger partial charge on any atom is -0.465 e. The fraction of sp³-hybridized carbons (Fsp3) is 0.667. The summed E-state index contributed by atoms with van der Waals surface area (Å²) in [5, 5.41) is 0. The van der Waals surface area contributed by atoms with Crippen LogP contribution in [-0.2, 0) is 12.2 Å². The fourth-order valence-corrected chi connectivity index (χ4v) is 2.31. The highest BCUT2D eigenvalue weighted by atomic mass is 32.2. The number of aryl methyl sites for hydroxylation is 1. The molecular formula is C12H21NOS. The Balaban J connectivity index is 2.25. The molecule has 0 aliphatic heterocycles. The minimum absolute atomic E-state index is 0.288. The van der Waals surface area contributed by atoms with Gasteiger partial charge in [0, 0.05) is 18.2 Å². The number of hydrogen-bond donors (Lipinski definition) is 1. The Labute approximate surface area is 96.6 Å². The summed E-state index contributed by atoms with van der Waals surface area (Å²) in [5.74, 6) is 4.62. The molecule has 1 rings (SSSR count). The number of rotatable bonds is 6. The molecule has 0 bridgehead atoms. The van der Waals surface area contributed by atoms with Crippen LogP contribution in [0.25, 0.3) is 0 Å². The molecule has 0 spiro atoms. The van der Waals surface area contributed by atoms with E-state index in [-0.39, 0.29) is 6.04 Å². The summed E-state index contributed by atoms with van der Waals surface area (Å²) in [7, 11) is 0. The predicted octanol–water partition coefficient (Wildman–Crippen LogP) is 3.06. The lowest BCUT2D eigenvalue weighted by Gasteiger charge is -2.14. The summed E-state index contributed by atoms with van der Waals surface area (Å²) in [6.45, 7) is 6.42. The van der Waals surface area contributed by atoms with Crippen LogP contribution in [0.1, 0.15) is 32.3 Å². The van der Waals surface area contributed by atoms with Gasteiger partial charge in [0.2, 0.25) is 0 Å². The van der Waals surface area contributed by atoms with E-state index >= 15 is 0 Å². The van der Waals surface area contributed by atoms with Gasteiger partial charge in [0.25, 0.3) is 0 Å². The molecule has 2 N–H and O–H groups in total. The van der Waals surface area contributed by atoms with Crippen molar-refractivity contribution in [2.45, 2.75) is 39.0 Å². The summed E-state index contributed by atoms with van der Waals surface area (Å²) < 4.78 is 5.61. The van der Waals surface area contributed by atoms with Crippen molar-refractivity contribution in [2.75, 3.05) is 5.75 Å². The van der Waals surface area contributed by atoms with Gasteiger partial charge < -0.3 is 10.2 Å². The van der Waals surface area contributed by atoms with Crippen LogP contribution in [0.4, 0.5) is 0 Å². The third kappa shape index (κ3) is 4.31. The number of furan rings is 1. The monoisotopic (exact) mass is 227 g/mol. The van der Waals surface area contributed by atoms with Gasteiger partial charge in [-0.25, -0.2) is 0 Å². The Hall–Kier alpha value is -0.410. The summed E-state index contributed by atoms with van der Waals surface area (Å²) in [4.78, 5) is 0. The van der Waals surface area contributed by atoms with Gasteiger partial charge in [-0.3, -0.25) is 0 Å². The van der Waals surface area contributed by atoms with E-state index in [2.05, 4.69) is 32.9 Å². The van der Waals surface area contributed by atoms with Crippen molar-refractivity contribution in [3.8, 4) is 0 Å². The van der Waals surface area contributed by atoms with Gasteiger partial charge in [0.05, 0.1) is 5.75 Å². The normalized spacial score (nSPS) is 13.4. The highest BCUT2D eigenvalue weighted by molar-refractivity contribution is 7.98. The van der Waals surface area contributed by atoms with E-state index in [9.17, 15) is 0 Å². The molecule has 0 aromatic carbocycles. The largest absolute Gasteiger partial charge is 0.465 e. The van der Waals surface area contributed by atoms with Gasteiger partial charge in [0.1, 0.15) is 11.5 Å². The van der Waals surface area contributed by atoms with Gasteiger partial charge in [-0.2, -0.15) is 11.8 Å². The SMILES string of the molecule is CCc1ccc(CSCC(N)C(C)C)o1. The second kappa shape index (κ2) is 6.23. The van der Waals surface area contributed by atoms with Gasteiger partial charge >= 0.3 is 0 Å². The highest BCUT2D eigenvalue weighted by Crippen LogP contribution is 2.17. The first-order valence-electron chi connectivity index (χ1n) is 5.54. The standard InChI is InChI=1S/C12H21NOS/c1-4-10-5-6-11(14-10)7-15-8-12(13)9(2)3/h5-6,9,12H,4,7-8,13H2,1-3H3. The molecule has 3 heteroatoms. The average Bonchev–Trinajstić information content (AvgIpc) is 2.65. The quantitative estimate of drug-likeness (QED) is 0.812. The van der Waals surface area contributed by atoms with E-state index in [0.29, 0.717) is 5.92 Å². The molecule has 15 heavy (non-hydrogen) atoms. The third-order valence-corrected chi connectivity index (χ3v) is 3.59. The maximum absolute atomic E-state index is 5.96. The Kier molecular flexibility index (Phi) is 5.26. The maximum atomic E-state index is 5.96. The minimum atomic E-state index is 0.288. The Morgan fingerprint density at radius 2 is 2.00 bits per heavy atom. The fourth-order valence-electron chi connectivity index (χ4n) is 1.18. The second-order valence-electron chi connectivity index (χ2n) is 4.14. The van der Waals surface area contributed by atoms with E-state index in [4.69, 9.17) is 10.2 Å². The average molecular weight is 227 g/mol. The molecule has 0 aliphatic carbocycles. The van der Waals surface area contributed by atoms with Gasteiger partial charge in [-0.05, 0) is 18.1 Å². The van der Waals surface area contributed by atoms with Crippen LogP contribution in [-0.4, -0.2) is 11.8 Å². The van der Waals surface area contributed by atoms with E-state index in [1.165, 1.54) is 0 Å². The molecule has 1 heterocycles. The van der Waals surface area contributed by atoms with E-state index in [1.807, 2.05) is 11.8 Å². The van der Waals surface area contributed by atoms with Crippen LogP contribution < -0.4 is 5.73 Å². The highest BCUT2D eigenvalue weighted by Gasteiger charge is 2.08. The van der Waals surface area contributed by atoms with Crippen molar-refractivity contribution in [1.82, 2.24) is 0 Å². The summed E-state index contributed by atoms with van der Waals surface area (Å²) in [6.07, 6.45) is 0.968. The zero-order chi connectivity index (χ0) is 11.3. The number of thioether (sulfide) groups is 1. The maximum Gasteiger partial charge on any atom is 0.114 e. The van der Waals surface area contributed by atoms with Gasteiger partial charge in [0.15, 0.2) is 0 Å². The Bertz CT molecular complexity index is 283. The second-order valence-corrected chi connectivity index (χ2v) is 5.17. The molecule has 86 valence electrons. The van der Waals surface area contributed by atoms with Crippen molar-refractivity contribution < 1.29 is 4.42 Å². The van der Waals surface area contributed by atoms with Crippen molar-refractivity contribution in [1.29, 1.82) is 0 Å². The Morgan fingerprint density at radius 3 is 2.53 bits per heavy atom. The smallest absolute Gasteiger partial charge is 0.114 e. The zero-order valence-corrected chi connectivity index (χ0v) is 10.6. The van der Waals surface area contributed by atoms with Crippen molar-refractivity contribution in [2.24, 2.45) is 11.7 Å². The lowest BCUT2D eigenvalue weighted by atomic mass is 10.1. The van der Waals surface area contributed by atoms with Crippen LogP contribution in [0.2, 0.25) is 0 Å². The van der Waals surface area contributed by atoms with E-state index < -0.39 is 0 Å². The van der Waals surface area contributed by atoms with E-state index in [0.717, 1.165) is 29.4 Å². The molecule has 1 unspecified atom stereocenters. The first-order valence-corrected chi connectivity index (χ1v) is 6.69. The first-order chi connectivity index (χ1) is 7.13. The lowest BCUT2D eigenvalue weighted by molar-refractivity contribution is 0.485. The number of hydrogen-bond acceptors (Lipinski definition) is 3. The van der Waals surface area contributed by atoms with Crippen LogP contribution in [0.5, 0.6) is 0 Å². The van der Waals surface area contributed by atoms with Gasteiger partial charge in [-0.1, -0.05) is 20.8 Å². The molecule has 0 aliphatic rings. The summed E-state index contributed by atoms with van der Waals surface area (Å²) in [6, 6.07) is 4.40. The van der Waals surface area contributed by atoms with Crippen LogP contribution >= 0.6 is 11.8 Å². The molecule has 0 fully saturated rings. The Morgan fingerprint density at radius 1 is 1.33 bits per heavy atom. The molecular weight excluding hydrogens is 206 g/mol. The first kappa shape index (κ1) is 12.7. The third-order valence-electron chi connectivity index (χ3n) is 2.48. The van der Waals surface area contributed by atoms with Crippen molar-refractivity contribution >= 4 is 11.8 Å². The molecule has 0 amide bonds. The molecule has 1 aromatic rings. The zero-order valence-electron chi connectivity index (χ0n) is 9.82. The van der Waals surface area contributed by atoms with Crippen molar-refractivity contribution in [3.05, 3.63) is 23.7 Å². The van der Waals surface area contributed by atoms with Crippen LogP contribution in [0, 0.1) is 5.92 Å². The van der Waals surface area contributed by atoms with E-state index in [1.54, 1.807) is 0 Å². The number of nitrogens with two attached hydrogens (primary N) is 1. The lowest BCUT2D eigenvalue weighted by Crippen LogP contribution is -2.28. The molecule has 0 radical (unpaired) electrons. The molecule has 0 saturated carbocycles. The molecule has 1 aromatic heterocycles. The molecule has 0 saturated heterocycles. The molecule has 1 atom stereocenters. The summed E-state index contributed by atoms with van der Waals surface area (Å²) in [5.41, 5.74) is 5.96. The van der Waals surface area contributed by atoms with Crippen LogP contribution in [0.3, 0.4) is 0 Å². The van der Waals surface area contributed by atoms with Crippen LogP contribution in [0.15, 0.2) is 16.5 Å². The molecule has 2 nitrogen and oxygen atoms in total.